The van der Waals surface area contributed by atoms with Crippen molar-refractivity contribution in [2.24, 2.45) is 5.73 Å². The molecular formula is C10H21N3O2S. The van der Waals surface area contributed by atoms with Gasteiger partial charge in [-0.3, -0.25) is 5.41 Å². The first-order valence-corrected chi connectivity index (χ1v) is 7.34. The summed E-state index contributed by atoms with van der Waals surface area (Å²) in [6.45, 7) is 1.89. The highest BCUT2D eigenvalue weighted by Crippen LogP contribution is 2.24. The zero-order valence-electron chi connectivity index (χ0n) is 9.70. The number of amidine groups is 1. The van der Waals surface area contributed by atoms with E-state index in [0.717, 1.165) is 25.7 Å². The Morgan fingerprint density at radius 2 is 2.06 bits per heavy atom. The lowest BCUT2D eigenvalue weighted by molar-refractivity contribution is 0.532. The maximum absolute atomic E-state index is 12.0. The molecule has 0 aliphatic heterocycles. The van der Waals surface area contributed by atoms with Crippen molar-refractivity contribution in [1.29, 1.82) is 5.41 Å². The third kappa shape index (κ3) is 3.75. The molecule has 1 fully saturated rings. The molecular weight excluding hydrogens is 226 g/mol. The molecule has 16 heavy (non-hydrogen) atoms. The normalized spacial score (nSPS) is 19.8. The standard InChI is InChI=1S/C10H21N3O2S/c1-2-8(7-10(11)12)13-16(14,15)9-5-3-4-6-9/h8-9,13H,2-7H2,1H3,(H3,11,12). The molecule has 0 spiro atoms. The number of nitrogens with two attached hydrogens (primary N) is 1. The van der Waals surface area contributed by atoms with Crippen molar-refractivity contribution in [3.8, 4) is 0 Å². The average molecular weight is 247 g/mol. The highest BCUT2D eigenvalue weighted by Gasteiger charge is 2.30. The minimum Gasteiger partial charge on any atom is -0.388 e. The molecule has 0 radical (unpaired) electrons. The lowest BCUT2D eigenvalue weighted by atomic mass is 10.1. The van der Waals surface area contributed by atoms with E-state index in [4.69, 9.17) is 11.1 Å². The third-order valence-corrected chi connectivity index (χ3v) is 5.04. The Balaban J connectivity index is 2.58. The van der Waals surface area contributed by atoms with Crippen LogP contribution in [0.1, 0.15) is 45.4 Å². The van der Waals surface area contributed by atoms with Crippen LogP contribution in [-0.2, 0) is 10.0 Å². The van der Waals surface area contributed by atoms with Crippen LogP contribution in [0.25, 0.3) is 0 Å². The minimum absolute atomic E-state index is 0.0287. The smallest absolute Gasteiger partial charge is 0.214 e. The van der Waals surface area contributed by atoms with Crippen LogP contribution in [0.4, 0.5) is 0 Å². The van der Waals surface area contributed by atoms with Gasteiger partial charge in [-0.05, 0) is 19.3 Å². The van der Waals surface area contributed by atoms with Crippen LogP contribution in [0.3, 0.4) is 0 Å². The number of sulfonamides is 1. The zero-order chi connectivity index (χ0) is 12.2. The van der Waals surface area contributed by atoms with Crippen LogP contribution in [0.2, 0.25) is 0 Å². The van der Waals surface area contributed by atoms with Crippen molar-refractivity contribution in [1.82, 2.24) is 4.72 Å². The molecule has 1 aliphatic carbocycles. The topological polar surface area (TPSA) is 96.0 Å². The summed E-state index contributed by atoms with van der Waals surface area (Å²) in [4.78, 5) is 0. The minimum atomic E-state index is -3.22. The summed E-state index contributed by atoms with van der Waals surface area (Å²) in [5.41, 5.74) is 5.29. The first kappa shape index (κ1) is 13.4. The van der Waals surface area contributed by atoms with E-state index in [1.807, 2.05) is 6.92 Å². The van der Waals surface area contributed by atoms with Gasteiger partial charge in [-0.25, -0.2) is 13.1 Å². The highest BCUT2D eigenvalue weighted by atomic mass is 32.2. The number of nitrogens with one attached hydrogen (secondary N) is 2. The fourth-order valence-corrected chi connectivity index (χ4v) is 3.92. The van der Waals surface area contributed by atoms with Gasteiger partial charge in [-0.15, -0.1) is 0 Å². The van der Waals surface area contributed by atoms with Crippen molar-refractivity contribution in [3.05, 3.63) is 0 Å². The molecule has 0 aromatic carbocycles. The Bertz CT molecular complexity index is 334. The lowest BCUT2D eigenvalue weighted by Crippen LogP contribution is -2.41. The fourth-order valence-electron chi connectivity index (χ4n) is 2.06. The van der Waals surface area contributed by atoms with E-state index in [2.05, 4.69) is 4.72 Å². The molecule has 0 aromatic rings. The number of hydrogen-bond acceptors (Lipinski definition) is 3. The Morgan fingerprint density at radius 3 is 2.50 bits per heavy atom. The van der Waals surface area contributed by atoms with Crippen LogP contribution < -0.4 is 10.5 Å². The predicted octanol–water partition coefficient (Wildman–Crippen LogP) is 0.953. The van der Waals surface area contributed by atoms with Crippen LogP contribution >= 0.6 is 0 Å². The highest BCUT2D eigenvalue weighted by molar-refractivity contribution is 7.90. The summed E-state index contributed by atoms with van der Waals surface area (Å²) in [7, 11) is -3.22. The maximum Gasteiger partial charge on any atom is 0.214 e. The summed E-state index contributed by atoms with van der Waals surface area (Å²) in [5.74, 6) is 0.0287. The molecule has 1 atom stereocenters. The second-order valence-corrected chi connectivity index (χ2v) is 6.40. The molecule has 94 valence electrons. The summed E-state index contributed by atoms with van der Waals surface area (Å²) in [6, 6.07) is -0.233. The van der Waals surface area contributed by atoms with Gasteiger partial charge >= 0.3 is 0 Å². The Hall–Kier alpha value is -0.620. The van der Waals surface area contributed by atoms with Gasteiger partial charge < -0.3 is 5.73 Å². The molecule has 6 heteroatoms. The molecule has 4 N–H and O–H groups in total. The van der Waals surface area contributed by atoms with Crippen molar-refractivity contribution >= 4 is 15.9 Å². The van der Waals surface area contributed by atoms with E-state index in [0.29, 0.717) is 12.8 Å². The van der Waals surface area contributed by atoms with E-state index in [9.17, 15) is 8.42 Å². The fraction of sp³-hybridized carbons (Fsp3) is 0.900. The van der Waals surface area contributed by atoms with Crippen LogP contribution in [0, 0.1) is 5.41 Å². The summed E-state index contributed by atoms with van der Waals surface area (Å²) < 4.78 is 26.6. The molecule has 0 aromatic heterocycles. The second kappa shape index (κ2) is 5.63. The molecule has 1 rings (SSSR count). The first-order valence-electron chi connectivity index (χ1n) is 5.79. The van der Waals surface area contributed by atoms with Gasteiger partial charge in [0.05, 0.1) is 11.1 Å². The van der Waals surface area contributed by atoms with Gasteiger partial charge in [-0.2, -0.15) is 0 Å². The zero-order valence-corrected chi connectivity index (χ0v) is 10.5. The Kier molecular flexibility index (Phi) is 4.73. The summed E-state index contributed by atoms with van der Waals surface area (Å²) in [6.07, 6.45) is 4.45. The van der Waals surface area contributed by atoms with Crippen LogP contribution in [0.5, 0.6) is 0 Å². The molecule has 0 amide bonds. The summed E-state index contributed by atoms with van der Waals surface area (Å²) >= 11 is 0. The first-order chi connectivity index (χ1) is 7.45. The molecule has 0 saturated heterocycles. The predicted molar refractivity (Wildman–Crippen MR) is 64.9 cm³/mol. The van der Waals surface area contributed by atoms with E-state index < -0.39 is 10.0 Å². The average Bonchev–Trinajstić information content (AvgIpc) is 2.68. The van der Waals surface area contributed by atoms with Gasteiger partial charge in [0.25, 0.3) is 0 Å². The quantitative estimate of drug-likeness (QED) is 0.481. The van der Waals surface area contributed by atoms with Crippen molar-refractivity contribution in [2.75, 3.05) is 0 Å². The molecule has 1 unspecified atom stereocenters. The van der Waals surface area contributed by atoms with Crippen molar-refractivity contribution < 1.29 is 8.42 Å². The third-order valence-electron chi connectivity index (χ3n) is 3.03. The Labute approximate surface area is 97.4 Å². The van der Waals surface area contributed by atoms with Gasteiger partial charge in [0.15, 0.2) is 0 Å². The largest absolute Gasteiger partial charge is 0.388 e. The molecule has 1 aliphatic rings. The van der Waals surface area contributed by atoms with Crippen LogP contribution in [-0.4, -0.2) is 25.5 Å². The van der Waals surface area contributed by atoms with E-state index in [1.54, 1.807) is 0 Å². The van der Waals surface area contributed by atoms with E-state index >= 15 is 0 Å². The Morgan fingerprint density at radius 1 is 1.50 bits per heavy atom. The van der Waals surface area contributed by atoms with Gasteiger partial charge in [0, 0.05) is 12.5 Å². The molecule has 0 heterocycles. The van der Waals surface area contributed by atoms with E-state index in [1.165, 1.54) is 0 Å². The van der Waals surface area contributed by atoms with Crippen LogP contribution in [0.15, 0.2) is 0 Å². The van der Waals surface area contributed by atoms with Crippen molar-refractivity contribution in [2.45, 2.75) is 56.7 Å². The monoisotopic (exact) mass is 247 g/mol. The number of rotatable bonds is 6. The molecule has 1 saturated carbocycles. The van der Waals surface area contributed by atoms with Gasteiger partial charge in [0.2, 0.25) is 10.0 Å². The maximum atomic E-state index is 12.0. The van der Waals surface area contributed by atoms with Gasteiger partial charge in [-0.1, -0.05) is 19.8 Å². The number of hydrogen-bond donors (Lipinski definition) is 3. The molecule has 0 bridgehead atoms. The van der Waals surface area contributed by atoms with Crippen molar-refractivity contribution in [3.63, 3.8) is 0 Å². The SMILES string of the molecule is CCC(CC(=N)N)NS(=O)(=O)C1CCCC1. The molecule has 5 nitrogen and oxygen atoms in total. The lowest BCUT2D eigenvalue weighted by Gasteiger charge is -2.19. The van der Waals surface area contributed by atoms with Gasteiger partial charge in [0.1, 0.15) is 0 Å². The van der Waals surface area contributed by atoms with E-state index in [-0.39, 0.29) is 17.1 Å². The second-order valence-electron chi connectivity index (χ2n) is 4.40. The summed E-state index contributed by atoms with van der Waals surface area (Å²) in [5, 5.41) is 6.95.